The molecule has 0 aliphatic carbocycles. The maximum absolute atomic E-state index is 14.2. The van der Waals surface area contributed by atoms with E-state index in [2.05, 4.69) is 32.4 Å². The van der Waals surface area contributed by atoms with Crippen molar-refractivity contribution in [2.75, 3.05) is 31.1 Å². The van der Waals surface area contributed by atoms with E-state index in [1.807, 2.05) is 6.08 Å². The number of alkyl halides is 2. The summed E-state index contributed by atoms with van der Waals surface area (Å²) >= 11 is 0.867. The van der Waals surface area contributed by atoms with Crippen LogP contribution in [0.2, 0.25) is 0 Å². The zero-order chi connectivity index (χ0) is 28.3. The summed E-state index contributed by atoms with van der Waals surface area (Å²) in [6, 6.07) is 8.32. The molecule has 3 aliphatic rings. The molecule has 2 fully saturated rings. The van der Waals surface area contributed by atoms with Crippen molar-refractivity contribution in [1.29, 1.82) is 0 Å². The Kier molecular flexibility index (Phi) is 8.41. The zero-order valence-electron chi connectivity index (χ0n) is 22.5. The van der Waals surface area contributed by atoms with Crippen LogP contribution in [0.4, 0.5) is 19.5 Å². The van der Waals surface area contributed by atoms with Crippen LogP contribution >= 0.6 is 11.8 Å². The number of nitrogens with zero attached hydrogens (tertiary/aromatic N) is 4. The molecule has 210 valence electrons. The van der Waals surface area contributed by atoms with Crippen LogP contribution in [0.25, 0.3) is 11.8 Å². The van der Waals surface area contributed by atoms with E-state index in [0.29, 0.717) is 40.3 Å². The van der Waals surface area contributed by atoms with Crippen molar-refractivity contribution in [1.82, 2.24) is 20.6 Å². The van der Waals surface area contributed by atoms with Gasteiger partial charge in [-0.2, -0.15) is 0 Å². The van der Waals surface area contributed by atoms with Gasteiger partial charge < -0.3 is 10.2 Å². The van der Waals surface area contributed by atoms with Gasteiger partial charge in [-0.3, -0.25) is 19.9 Å². The molecule has 2 amide bonds. The molecular weight excluding hydrogens is 534 g/mol. The van der Waals surface area contributed by atoms with Crippen LogP contribution < -0.4 is 15.5 Å². The lowest BCUT2D eigenvalue weighted by Gasteiger charge is -2.32. The summed E-state index contributed by atoms with van der Waals surface area (Å²) in [7, 11) is 0. The van der Waals surface area contributed by atoms with Gasteiger partial charge in [-0.05, 0) is 61.5 Å². The molecule has 2 saturated heterocycles. The number of imide groups is 1. The Morgan fingerprint density at radius 3 is 2.70 bits per heavy atom. The molecule has 2 aromatic rings. The summed E-state index contributed by atoms with van der Waals surface area (Å²) in [5.41, 5.74) is 2.69. The fourth-order valence-corrected chi connectivity index (χ4v) is 5.77. The van der Waals surface area contributed by atoms with Crippen molar-refractivity contribution >= 4 is 46.3 Å². The minimum Gasteiger partial charge on any atom is -0.341 e. The zero-order valence-corrected chi connectivity index (χ0v) is 23.3. The number of amides is 2. The minimum atomic E-state index is -2.93. The van der Waals surface area contributed by atoms with E-state index in [-0.39, 0.29) is 16.7 Å². The van der Waals surface area contributed by atoms with Gasteiger partial charge in [0.2, 0.25) is 5.95 Å². The molecule has 5 rings (SSSR count). The van der Waals surface area contributed by atoms with E-state index in [4.69, 9.17) is 4.99 Å². The molecule has 1 unspecified atom stereocenters. The number of hydrogen-bond donors (Lipinski definition) is 2. The average molecular weight is 567 g/mol. The quantitative estimate of drug-likeness (QED) is 0.422. The monoisotopic (exact) mass is 566 g/mol. The summed E-state index contributed by atoms with van der Waals surface area (Å²) in [5.74, 6) is -1.99. The van der Waals surface area contributed by atoms with E-state index in [9.17, 15) is 18.4 Å². The number of aromatic nitrogens is 2. The van der Waals surface area contributed by atoms with Gasteiger partial charge in [-0.15, -0.1) is 0 Å². The van der Waals surface area contributed by atoms with Crippen LogP contribution in [-0.2, 0) is 10.7 Å². The first kappa shape index (κ1) is 28.1. The van der Waals surface area contributed by atoms with Gasteiger partial charge in [-0.1, -0.05) is 37.3 Å². The molecule has 0 saturated carbocycles. The Hall–Kier alpha value is -3.44. The fourth-order valence-electron chi connectivity index (χ4n) is 5.10. The Morgan fingerprint density at radius 1 is 1.20 bits per heavy atom. The molecule has 40 heavy (non-hydrogen) atoms. The largest absolute Gasteiger partial charge is 0.341 e. The molecule has 11 heteroatoms. The summed E-state index contributed by atoms with van der Waals surface area (Å²) in [4.78, 5) is 39.5. The van der Waals surface area contributed by atoms with Gasteiger partial charge in [-0.25, -0.2) is 18.7 Å². The lowest BCUT2D eigenvalue weighted by atomic mass is 9.93. The predicted octanol–water partition coefficient (Wildman–Crippen LogP) is 5.24. The number of benzene rings is 1. The second kappa shape index (κ2) is 12.0. The van der Waals surface area contributed by atoms with E-state index < -0.39 is 11.8 Å². The van der Waals surface area contributed by atoms with Crippen LogP contribution in [0.3, 0.4) is 0 Å². The number of allylic oxidation sites excluding steroid dienone is 1. The highest BCUT2D eigenvalue weighted by atomic mass is 32.2. The molecule has 1 aromatic heterocycles. The van der Waals surface area contributed by atoms with Crippen molar-refractivity contribution in [2.24, 2.45) is 16.8 Å². The lowest BCUT2D eigenvalue weighted by molar-refractivity contribution is -0.115. The van der Waals surface area contributed by atoms with Crippen LogP contribution in [-0.4, -0.2) is 53.0 Å². The summed E-state index contributed by atoms with van der Waals surface area (Å²) in [5, 5.41) is 5.42. The third-order valence-electron chi connectivity index (χ3n) is 7.40. The van der Waals surface area contributed by atoms with Gasteiger partial charge >= 0.3 is 0 Å². The maximum atomic E-state index is 14.2. The van der Waals surface area contributed by atoms with Crippen molar-refractivity contribution < 1.29 is 18.4 Å². The number of carbonyl (C=O) groups excluding carboxylic acids is 2. The highest BCUT2D eigenvalue weighted by Crippen LogP contribution is 2.35. The van der Waals surface area contributed by atoms with Gasteiger partial charge in [0.1, 0.15) is 0 Å². The average Bonchev–Trinajstić information content (AvgIpc) is 3.25. The minimum absolute atomic E-state index is 0.00260. The summed E-state index contributed by atoms with van der Waals surface area (Å²) in [6.45, 7) is 6.13. The molecular formula is C29H32F2N6O2S. The first-order valence-electron chi connectivity index (χ1n) is 13.5. The molecule has 0 bridgehead atoms. The number of carbonyl (C=O) groups is 2. The van der Waals surface area contributed by atoms with Crippen molar-refractivity contribution in [3.05, 3.63) is 64.3 Å². The molecule has 1 atom stereocenters. The molecule has 2 N–H and O–H groups in total. The molecule has 0 radical (unpaired) electrons. The highest BCUT2D eigenvalue weighted by molar-refractivity contribution is 8.18. The number of rotatable bonds is 8. The van der Waals surface area contributed by atoms with Gasteiger partial charge in [0.15, 0.2) is 0 Å². The Morgan fingerprint density at radius 2 is 1.98 bits per heavy atom. The van der Waals surface area contributed by atoms with Crippen molar-refractivity contribution in [2.45, 2.75) is 39.0 Å². The van der Waals surface area contributed by atoms with Crippen LogP contribution in [0.1, 0.15) is 49.9 Å². The third kappa shape index (κ3) is 6.64. The first-order valence-corrected chi connectivity index (χ1v) is 14.3. The predicted molar refractivity (Wildman–Crippen MR) is 154 cm³/mol. The maximum Gasteiger partial charge on any atom is 0.290 e. The number of thioether (sulfide) groups is 1. The summed E-state index contributed by atoms with van der Waals surface area (Å²) in [6.07, 6.45) is 7.95. The fraction of sp³-hybridized carbons (Fsp3) is 0.414. The number of hydrogen-bond acceptors (Lipinski definition) is 8. The smallest absolute Gasteiger partial charge is 0.290 e. The van der Waals surface area contributed by atoms with E-state index in [0.717, 1.165) is 63.3 Å². The van der Waals surface area contributed by atoms with Crippen molar-refractivity contribution in [3.8, 4) is 0 Å². The van der Waals surface area contributed by atoms with E-state index >= 15 is 0 Å². The summed E-state index contributed by atoms with van der Waals surface area (Å²) < 4.78 is 28.4. The third-order valence-corrected chi connectivity index (χ3v) is 8.21. The normalized spacial score (nSPS) is 21.4. The molecule has 4 heterocycles. The second-order valence-electron chi connectivity index (χ2n) is 10.5. The number of anilines is 1. The Bertz CT molecular complexity index is 1380. The SMILES string of the molecule is CC1CC=C(c2ccccc2C(C)(F)F)N=C1CNCC1CCN(c2nccc(/C=C3\SC(=O)NC3=O)n2)CC1. The number of halogens is 2. The Labute approximate surface area is 236 Å². The second-order valence-corrected chi connectivity index (χ2v) is 11.5. The van der Waals surface area contributed by atoms with Crippen LogP contribution in [0, 0.1) is 11.8 Å². The van der Waals surface area contributed by atoms with Gasteiger partial charge in [0.05, 0.1) is 16.3 Å². The number of piperidine rings is 1. The van der Waals surface area contributed by atoms with E-state index in [1.165, 1.54) is 6.07 Å². The number of nitrogens with one attached hydrogen (secondary N) is 2. The lowest BCUT2D eigenvalue weighted by Crippen LogP contribution is -2.39. The highest BCUT2D eigenvalue weighted by Gasteiger charge is 2.30. The molecule has 0 spiro atoms. The van der Waals surface area contributed by atoms with Gasteiger partial charge in [0, 0.05) is 49.6 Å². The van der Waals surface area contributed by atoms with E-state index in [1.54, 1.807) is 36.5 Å². The van der Waals surface area contributed by atoms with Gasteiger partial charge in [0.25, 0.3) is 17.1 Å². The van der Waals surface area contributed by atoms with Crippen LogP contribution in [0.15, 0.2) is 52.5 Å². The van der Waals surface area contributed by atoms with Crippen molar-refractivity contribution in [3.63, 3.8) is 0 Å². The van der Waals surface area contributed by atoms with Crippen LogP contribution in [0.5, 0.6) is 0 Å². The Balaban J connectivity index is 1.14. The molecule has 1 aromatic carbocycles. The topological polar surface area (TPSA) is 99.6 Å². The standard InChI is InChI=1S/C29H32F2N6O2S/c1-18-7-8-23(21-5-3-4-6-22(21)29(2,30)31)35-24(18)17-32-16-19-10-13-37(14-11-19)27-33-12-9-20(34-27)15-25-26(38)36-28(39)40-25/h3-6,8-9,12,15,18-19,32H,7,10-11,13-14,16-17H2,1-2H3,(H,36,38,39)/b25-15-. The first-order chi connectivity index (χ1) is 19.2. The molecule has 8 nitrogen and oxygen atoms in total. The number of aliphatic imine (C=N–C) groups is 1. The molecule has 3 aliphatic heterocycles.